The van der Waals surface area contributed by atoms with Gasteiger partial charge in [0.2, 0.25) is 0 Å². The molecule has 4 heteroatoms. The summed E-state index contributed by atoms with van der Waals surface area (Å²) in [6, 6.07) is 15.4. The van der Waals surface area contributed by atoms with E-state index in [1.165, 1.54) is 0 Å². The smallest absolute Gasteiger partial charge is 0.315 e. The van der Waals surface area contributed by atoms with Crippen molar-refractivity contribution in [1.82, 2.24) is 0 Å². The monoisotopic (exact) mass is 283 g/mol. The highest BCUT2D eigenvalue weighted by atomic mass is 16.5. The lowest BCUT2D eigenvalue weighted by atomic mass is 10.0. The minimum Gasteiger partial charge on any atom is -0.497 e. The number of hydrogen-bond donors (Lipinski definition) is 1. The van der Waals surface area contributed by atoms with Crippen LogP contribution in [0.4, 0.5) is 5.69 Å². The first-order chi connectivity index (χ1) is 10.3. The molecule has 1 aliphatic heterocycles. The number of nitrogens with one attached hydrogen (secondary N) is 1. The van der Waals surface area contributed by atoms with Gasteiger partial charge in [-0.1, -0.05) is 30.3 Å². The molecule has 0 bridgehead atoms. The van der Waals surface area contributed by atoms with Gasteiger partial charge < -0.3 is 14.8 Å². The number of anilines is 1. The molecule has 2 aromatic carbocycles. The Kier molecular flexibility index (Phi) is 3.77. The van der Waals surface area contributed by atoms with Gasteiger partial charge in [0.1, 0.15) is 18.3 Å². The highest BCUT2D eigenvalue weighted by Crippen LogP contribution is 2.32. The summed E-state index contributed by atoms with van der Waals surface area (Å²) in [5.74, 6) is 0.332. The van der Waals surface area contributed by atoms with Gasteiger partial charge in [-0.3, -0.25) is 4.79 Å². The van der Waals surface area contributed by atoms with Gasteiger partial charge in [-0.05, 0) is 29.3 Å². The predicted molar refractivity (Wildman–Crippen MR) is 80.5 cm³/mol. The van der Waals surface area contributed by atoms with E-state index in [1.54, 1.807) is 7.11 Å². The second kappa shape index (κ2) is 5.87. The van der Waals surface area contributed by atoms with Gasteiger partial charge in [0, 0.05) is 12.2 Å². The lowest BCUT2D eigenvalue weighted by molar-refractivity contribution is -0.146. The minimum absolute atomic E-state index is 0.199. The summed E-state index contributed by atoms with van der Waals surface area (Å²) < 4.78 is 10.6. The summed E-state index contributed by atoms with van der Waals surface area (Å²) in [6.45, 7) is 0.852. The van der Waals surface area contributed by atoms with Crippen molar-refractivity contribution in [2.24, 2.45) is 0 Å². The average Bonchev–Trinajstić information content (AvgIpc) is 2.97. The number of carbonyl (C=O) groups is 1. The van der Waals surface area contributed by atoms with Crippen molar-refractivity contribution in [2.45, 2.75) is 12.5 Å². The molecule has 3 rings (SSSR count). The molecule has 1 N–H and O–H groups in total. The molecule has 21 heavy (non-hydrogen) atoms. The van der Waals surface area contributed by atoms with Crippen LogP contribution in [0, 0.1) is 0 Å². The summed E-state index contributed by atoms with van der Waals surface area (Å²) >= 11 is 0. The van der Waals surface area contributed by atoms with Gasteiger partial charge >= 0.3 is 5.97 Å². The Balaban J connectivity index is 1.65. The maximum Gasteiger partial charge on any atom is 0.315 e. The Morgan fingerprint density at radius 2 is 2.10 bits per heavy atom. The summed E-state index contributed by atoms with van der Waals surface area (Å²) in [4.78, 5) is 12.2. The summed E-state index contributed by atoms with van der Waals surface area (Å²) in [5.41, 5.74) is 2.94. The molecular weight excluding hydrogens is 266 g/mol. The number of rotatable bonds is 4. The third-order valence-electron chi connectivity index (χ3n) is 3.63. The molecule has 1 unspecified atom stereocenters. The Labute approximate surface area is 123 Å². The number of ether oxygens (including phenoxy) is 2. The number of benzene rings is 2. The molecular formula is C17H17NO3. The number of carbonyl (C=O) groups excluding carboxylic acids is 1. The Hall–Kier alpha value is -2.49. The number of hydrogen-bond acceptors (Lipinski definition) is 4. The van der Waals surface area contributed by atoms with E-state index in [9.17, 15) is 4.79 Å². The van der Waals surface area contributed by atoms with E-state index in [0.29, 0.717) is 6.54 Å². The van der Waals surface area contributed by atoms with E-state index in [2.05, 4.69) is 5.32 Å². The largest absolute Gasteiger partial charge is 0.497 e. The molecule has 0 fully saturated rings. The Bertz CT molecular complexity index is 654. The third-order valence-corrected chi connectivity index (χ3v) is 3.63. The predicted octanol–water partition coefficient (Wildman–Crippen LogP) is 2.95. The van der Waals surface area contributed by atoms with E-state index in [-0.39, 0.29) is 18.5 Å². The van der Waals surface area contributed by atoms with Crippen molar-refractivity contribution in [1.29, 1.82) is 0 Å². The van der Waals surface area contributed by atoms with Gasteiger partial charge in [-0.15, -0.1) is 0 Å². The number of fused-ring (bicyclic) bond motifs is 1. The molecule has 0 radical (unpaired) electrons. The van der Waals surface area contributed by atoms with Gasteiger partial charge in [0.05, 0.1) is 7.11 Å². The quantitative estimate of drug-likeness (QED) is 0.876. The van der Waals surface area contributed by atoms with Crippen LogP contribution < -0.4 is 10.1 Å². The van der Waals surface area contributed by atoms with E-state index in [1.807, 2.05) is 48.5 Å². The van der Waals surface area contributed by atoms with E-state index >= 15 is 0 Å². The van der Waals surface area contributed by atoms with Crippen molar-refractivity contribution < 1.29 is 14.3 Å². The maximum absolute atomic E-state index is 12.2. The first-order valence-corrected chi connectivity index (χ1v) is 6.90. The molecule has 1 atom stereocenters. The number of esters is 1. The van der Waals surface area contributed by atoms with E-state index < -0.39 is 0 Å². The lowest BCUT2D eigenvalue weighted by Gasteiger charge is -2.11. The third kappa shape index (κ3) is 2.84. The minimum atomic E-state index is -0.230. The summed E-state index contributed by atoms with van der Waals surface area (Å²) in [5, 5.41) is 3.23. The van der Waals surface area contributed by atoms with Gasteiger partial charge in [0.25, 0.3) is 0 Å². The Morgan fingerprint density at radius 1 is 1.24 bits per heavy atom. The van der Waals surface area contributed by atoms with Crippen LogP contribution in [0.15, 0.2) is 48.5 Å². The molecule has 4 nitrogen and oxygen atoms in total. The molecule has 1 heterocycles. The van der Waals surface area contributed by atoms with Crippen molar-refractivity contribution in [2.75, 3.05) is 19.0 Å². The van der Waals surface area contributed by atoms with E-state index in [0.717, 1.165) is 22.6 Å². The Morgan fingerprint density at radius 3 is 2.95 bits per heavy atom. The van der Waals surface area contributed by atoms with Crippen molar-refractivity contribution >= 4 is 11.7 Å². The van der Waals surface area contributed by atoms with Crippen LogP contribution in [0.5, 0.6) is 5.75 Å². The SMILES string of the molecule is COc1cccc(COC(=O)C2CNc3ccccc32)c1. The molecule has 0 saturated heterocycles. The van der Waals surface area contributed by atoms with Crippen LogP contribution >= 0.6 is 0 Å². The second-order valence-electron chi connectivity index (χ2n) is 4.98. The highest BCUT2D eigenvalue weighted by Gasteiger charge is 2.29. The molecule has 2 aromatic rings. The maximum atomic E-state index is 12.2. The van der Waals surface area contributed by atoms with Crippen LogP contribution in [0.2, 0.25) is 0 Å². The van der Waals surface area contributed by atoms with Crippen LogP contribution in [-0.2, 0) is 16.1 Å². The molecule has 0 amide bonds. The van der Waals surface area contributed by atoms with E-state index in [4.69, 9.17) is 9.47 Å². The normalized spacial score (nSPS) is 16.0. The van der Waals surface area contributed by atoms with Crippen molar-refractivity contribution in [3.8, 4) is 5.75 Å². The zero-order valence-corrected chi connectivity index (χ0v) is 11.8. The fraction of sp³-hybridized carbons (Fsp3) is 0.235. The summed E-state index contributed by atoms with van der Waals surface area (Å²) in [6.07, 6.45) is 0. The van der Waals surface area contributed by atoms with Gasteiger partial charge in [-0.25, -0.2) is 0 Å². The summed E-state index contributed by atoms with van der Waals surface area (Å²) in [7, 11) is 1.62. The van der Waals surface area contributed by atoms with Gasteiger partial charge in [0.15, 0.2) is 0 Å². The lowest BCUT2D eigenvalue weighted by Crippen LogP contribution is -2.17. The molecule has 0 aliphatic carbocycles. The van der Waals surface area contributed by atoms with Crippen LogP contribution in [0.25, 0.3) is 0 Å². The van der Waals surface area contributed by atoms with Crippen LogP contribution in [-0.4, -0.2) is 19.6 Å². The van der Waals surface area contributed by atoms with Crippen molar-refractivity contribution in [3.05, 3.63) is 59.7 Å². The van der Waals surface area contributed by atoms with Crippen LogP contribution in [0.3, 0.4) is 0 Å². The average molecular weight is 283 g/mol. The zero-order valence-electron chi connectivity index (χ0n) is 11.8. The molecule has 1 aliphatic rings. The van der Waals surface area contributed by atoms with Crippen molar-refractivity contribution in [3.63, 3.8) is 0 Å². The van der Waals surface area contributed by atoms with Crippen LogP contribution in [0.1, 0.15) is 17.0 Å². The van der Waals surface area contributed by atoms with Gasteiger partial charge in [-0.2, -0.15) is 0 Å². The first kappa shape index (κ1) is 13.5. The fourth-order valence-corrected chi connectivity index (χ4v) is 2.51. The fourth-order valence-electron chi connectivity index (χ4n) is 2.51. The molecule has 0 saturated carbocycles. The highest BCUT2D eigenvalue weighted by molar-refractivity contribution is 5.83. The first-order valence-electron chi connectivity index (χ1n) is 6.90. The number of para-hydroxylation sites is 1. The topological polar surface area (TPSA) is 47.6 Å². The molecule has 108 valence electrons. The zero-order chi connectivity index (χ0) is 14.7. The molecule has 0 spiro atoms. The second-order valence-corrected chi connectivity index (χ2v) is 4.98. The standard InChI is InChI=1S/C17H17NO3/c1-20-13-6-4-5-12(9-13)11-21-17(19)15-10-18-16-8-3-2-7-14(15)16/h2-9,15,18H,10-11H2,1H3. The number of methoxy groups -OCH3 is 1. The molecule has 0 aromatic heterocycles.